The molecular formula is C15H15N3O3S. The van der Waals surface area contributed by atoms with E-state index in [4.69, 9.17) is 4.74 Å². The maximum Gasteiger partial charge on any atom is 0.242 e. The first-order chi connectivity index (χ1) is 10.6. The van der Waals surface area contributed by atoms with E-state index in [2.05, 4.69) is 9.71 Å². The molecule has 0 atom stereocenters. The zero-order valence-corrected chi connectivity index (χ0v) is 12.7. The van der Waals surface area contributed by atoms with Crippen molar-refractivity contribution in [3.63, 3.8) is 0 Å². The van der Waals surface area contributed by atoms with Crippen molar-refractivity contribution in [2.24, 2.45) is 0 Å². The maximum atomic E-state index is 12.3. The van der Waals surface area contributed by atoms with Crippen molar-refractivity contribution in [2.45, 2.75) is 11.4 Å². The molecule has 7 heteroatoms. The summed E-state index contributed by atoms with van der Waals surface area (Å²) in [6, 6.07) is 10.4. The first-order valence-electron chi connectivity index (χ1n) is 6.64. The molecule has 3 rings (SSSR count). The van der Waals surface area contributed by atoms with E-state index in [0.717, 1.165) is 11.3 Å². The van der Waals surface area contributed by atoms with Gasteiger partial charge in [0, 0.05) is 25.1 Å². The number of fused-ring (bicyclic) bond motifs is 1. The lowest BCUT2D eigenvalue weighted by molar-refractivity contribution is 0.414. The molecule has 22 heavy (non-hydrogen) atoms. The molecule has 6 nitrogen and oxygen atoms in total. The third-order valence-corrected chi connectivity index (χ3v) is 4.68. The van der Waals surface area contributed by atoms with Crippen molar-refractivity contribution >= 4 is 15.7 Å². The number of nitrogens with one attached hydrogen (secondary N) is 1. The average molecular weight is 317 g/mol. The summed E-state index contributed by atoms with van der Waals surface area (Å²) in [5.41, 5.74) is 1.56. The normalized spacial score (nSPS) is 11.7. The Morgan fingerprint density at radius 3 is 2.68 bits per heavy atom. The van der Waals surface area contributed by atoms with Crippen LogP contribution in [0.2, 0.25) is 0 Å². The van der Waals surface area contributed by atoms with E-state index in [1.165, 1.54) is 0 Å². The smallest absolute Gasteiger partial charge is 0.242 e. The lowest BCUT2D eigenvalue weighted by Crippen LogP contribution is -2.23. The summed E-state index contributed by atoms with van der Waals surface area (Å²) < 4.78 is 34.0. The third kappa shape index (κ3) is 2.95. The highest BCUT2D eigenvalue weighted by atomic mass is 32.2. The Hall–Kier alpha value is -2.38. The molecule has 0 bridgehead atoms. The molecule has 0 unspecified atom stereocenters. The van der Waals surface area contributed by atoms with Gasteiger partial charge in [-0.2, -0.15) is 0 Å². The van der Waals surface area contributed by atoms with Gasteiger partial charge in [0.15, 0.2) is 0 Å². The van der Waals surface area contributed by atoms with Crippen LogP contribution in [-0.4, -0.2) is 24.9 Å². The van der Waals surface area contributed by atoms with Crippen LogP contribution in [0.15, 0.2) is 59.9 Å². The minimum atomic E-state index is -3.57. The van der Waals surface area contributed by atoms with Crippen LogP contribution in [0.25, 0.3) is 5.65 Å². The molecule has 0 spiro atoms. The molecule has 2 heterocycles. The third-order valence-electron chi connectivity index (χ3n) is 3.30. The second-order valence-corrected chi connectivity index (χ2v) is 6.50. The number of sulfonamides is 1. The summed E-state index contributed by atoms with van der Waals surface area (Å²) in [5.74, 6) is 0.733. The monoisotopic (exact) mass is 317 g/mol. The van der Waals surface area contributed by atoms with Gasteiger partial charge in [-0.05, 0) is 29.8 Å². The van der Waals surface area contributed by atoms with E-state index in [1.807, 2.05) is 12.1 Å². The van der Waals surface area contributed by atoms with Crippen LogP contribution in [0.1, 0.15) is 5.56 Å². The van der Waals surface area contributed by atoms with Crippen LogP contribution in [0.4, 0.5) is 0 Å². The quantitative estimate of drug-likeness (QED) is 0.779. The molecule has 0 saturated heterocycles. The van der Waals surface area contributed by atoms with E-state index in [0.29, 0.717) is 5.65 Å². The minimum Gasteiger partial charge on any atom is -0.497 e. The minimum absolute atomic E-state index is 0.200. The van der Waals surface area contributed by atoms with Crippen molar-refractivity contribution in [1.82, 2.24) is 14.1 Å². The Balaban J connectivity index is 1.77. The number of imidazole rings is 1. The Bertz CT molecular complexity index is 886. The van der Waals surface area contributed by atoms with Gasteiger partial charge in [-0.1, -0.05) is 12.1 Å². The number of benzene rings is 1. The summed E-state index contributed by atoms with van der Waals surface area (Å²) in [4.78, 5) is 4.29. The molecule has 1 aromatic carbocycles. The van der Waals surface area contributed by atoms with Crippen LogP contribution in [0, 0.1) is 0 Å². The lowest BCUT2D eigenvalue weighted by atomic mass is 10.2. The summed E-state index contributed by atoms with van der Waals surface area (Å²) in [5, 5.41) is 0. The maximum absolute atomic E-state index is 12.3. The molecule has 0 aliphatic heterocycles. The van der Waals surface area contributed by atoms with Crippen molar-refractivity contribution in [2.75, 3.05) is 7.11 Å². The van der Waals surface area contributed by atoms with E-state index in [1.54, 1.807) is 54.4 Å². The first-order valence-corrected chi connectivity index (χ1v) is 8.12. The van der Waals surface area contributed by atoms with Crippen molar-refractivity contribution in [3.8, 4) is 5.75 Å². The van der Waals surface area contributed by atoms with Gasteiger partial charge < -0.3 is 9.14 Å². The zero-order valence-electron chi connectivity index (χ0n) is 11.9. The number of pyridine rings is 1. The van der Waals surface area contributed by atoms with Gasteiger partial charge in [-0.3, -0.25) is 0 Å². The van der Waals surface area contributed by atoms with E-state index >= 15 is 0 Å². The molecule has 2 aromatic heterocycles. The van der Waals surface area contributed by atoms with Gasteiger partial charge in [-0.15, -0.1) is 0 Å². The summed E-state index contributed by atoms with van der Waals surface area (Å²) >= 11 is 0. The van der Waals surface area contributed by atoms with Crippen molar-refractivity contribution < 1.29 is 13.2 Å². The fraction of sp³-hybridized carbons (Fsp3) is 0.133. The van der Waals surface area contributed by atoms with Gasteiger partial charge >= 0.3 is 0 Å². The second kappa shape index (κ2) is 5.78. The average Bonchev–Trinajstić information content (AvgIpc) is 3.01. The van der Waals surface area contributed by atoms with Crippen LogP contribution in [0.3, 0.4) is 0 Å². The second-order valence-electron chi connectivity index (χ2n) is 4.73. The number of rotatable bonds is 5. The standard InChI is InChI=1S/C15H15N3O3S/c1-21-13-4-2-12(3-5-13)10-17-22(19,20)14-6-7-15-16-8-9-18(15)11-14/h2-9,11,17H,10H2,1H3. The lowest BCUT2D eigenvalue weighted by Gasteiger charge is -2.08. The highest BCUT2D eigenvalue weighted by Crippen LogP contribution is 2.14. The Morgan fingerprint density at radius 1 is 1.18 bits per heavy atom. The van der Waals surface area contributed by atoms with E-state index < -0.39 is 10.0 Å². The summed E-state index contributed by atoms with van der Waals surface area (Å²) in [6.07, 6.45) is 4.87. The number of aromatic nitrogens is 2. The van der Waals surface area contributed by atoms with E-state index in [9.17, 15) is 8.42 Å². The predicted molar refractivity (Wildman–Crippen MR) is 82.2 cm³/mol. The first kappa shape index (κ1) is 14.6. The number of methoxy groups -OCH3 is 1. The van der Waals surface area contributed by atoms with Crippen LogP contribution >= 0.6 is 0 Å². The number of nitrogens with zero attached hydrogens (tertiary/aromatic N) is 2. The largest absolute Gasteiger partial charge is 0.497 e. The molecule has 0 aliphatic carbocycles. The molecule has 0 fully saturated rings. The SMILES string of the molecule is COc1ccc(CNS(=O)(=O)c2ccc3nccn3c2)cc1. The molecule has 1 N–H and O–H groups in total. The summed E-state index contributed by atoms with van der Waals surface area (Å²) in [7, 11) is -1.99. The fourth-order valence-electron chi connectivity index (χ4n) is 2.06. The topological polar surface area (TPSA) is 72.7 Å². The highest BCUT2D eigenvalue weighted by Gasteiger charge is 2.14. The Kier molecular flexibility index (Phi) is 3.82. The van der Waals surface area contributed by atoms with Gasteiger partial charge in [0.1, 0.15) is 11.4 Å². The molecule has 0 radical (unpaired) electrons. The van der Waals surface area contributed by atoms with Crippen LogP contribution < -0.4 is 9.46 Å². The van der Waals surface area contributed by atoms with Gasteiger partial charge in [0.05, 0.1) is 12.0 Å². The van der Waals surface area contributed by atoms with Crippen molar-refractivity contribution in [1.29, 1.82) is 0 Å². The number of ether oxygens (including phenoxy) is 1. The van der Waals surface area contributed by atoms with E-state index in [-0.39, 0.29) is 11.4 Å². The number of hydrogen-bond donors (Lipinski definition) is 1. The summed E-state index contributed by atoms with van der Waals surface area (Å²) in [6.45, 7) is 0.217. The molecule has 0 amide bonds. The zero-order chi connectivity index (χ0) is 15.6. The molecule has 0 saturated carbocycles. The van der Waals surface area contributed by atoms with Crippen molar-refractivity contribution in [3.05, 3.63) is 60.6 Å². The Morgan fingerprint density at radius 2 is 1.95 bits per heavy atom. The van der Waals surface area contributed by atoms with Gasteiger partial charge in [0.2, 0.25) is 10.0 Å². The fourth-order valence-corrected chi connectivity index (χ4v) is 3.09. The van der Waals surface area contributed by atoms with Crippen LogP contribution in [-0.2, 0) is 16.6 Å². The Labute approximate surface area is 128 Å². The number of hydrogen-bond acceptors (Lipinski definition) is 4. The van der Waals surface area contributed by atoms with Crippen LogP contribution in [0.5, 0.6) is 5.75 Å². The molecule has 0 aliphatic rings. The molecular weight excluding hydrogens is 302 g/mol. The highest BCUT2D eigenvalue weighted by molar-refractivity contribution is 7.89. The molecule has 114 valence electrons. The van der Waals surface area contributed by atoms with Gasteiger partial charge in [-0.25, -0.2) is 18.1 Å². The molecule has 3 aromatic rings. The van der Waals surface area contributed by atoms with Gasteiger partial charge in [0.25, 0.3) is 0 Å². The predicted octanol–water partition coefficient (Wildman–Crippen LogP) is 1.82.